The van der Waals surface area contributed by atoms with Crippen LogP contribution in [-0.2, 0) is 27.2 Å². The summed E-state index contributed by atoms with van der Waals surface area (Å²) in [6.07, 6.45) is 2.47. The van der Waals surface area contributed by atoms with Crippen molar-refractivity contribution < 1.29 is 23.8 Å². The Morgan fingerprint density at radius 1 is 1.03 bits per heavy atom. The van der Waals surface area contributed by atoms with Crippen molar-refractivity contribution in [3.63, 3.8) is 0 Å². The number of ether oxygens (including phenoxy) is 3. The van der Waals surface area contributed by atoms with E-state index in [9.17, 15) is 9.59 Å². The van der Waals surface area contributed by atoms with Crippen molar-refractivity contribution in [3.8, 4) is 5.75 Å². The van der Waals surface area contributed by atoms with E-state index >= 15 is 0 Å². The molecular formula is C24H28N2O5. The summed E-state index contributed by atoms with van der Waals surface area (Å²) in [5.41, 5.74) is 9.29. The van der Waals surface area contributed by atoms with E-state index in [4.69, 9.17) is 19.9 Å². The third-order valence-corrected chi connectivity index (χ3v) is 4.80. The zero-order chi connectivity index (χ0) is 22.8. The first kappa shape index (κ1) is 22.2. The zero-order valence-electron chi connectivity index (χ0n) is 18.5. The summed E-state index contributed by atoms with van der Waals surface area (Å²) in [7, 11) is 2.90. The first-order valence-corrected chi connectivity index (χ1v) is 9.95. The van der Waals surface area contributed by atoms with Gasteiger partial charge in [-0.1, -0.05) is 6.07 Å². The highest BCUT2D eigenvalue weighted by Crippen LogP contribution is 2.30. The van der Waals surface area contributed by atoms with Crippen LogP contribution in [0.5, 0.6) is 5.75 Å². The van der Waals surface area contributed by atoms with Gasteiger partial charge in [0.15, 0.2) is 0 Å². The van der Waals surface area contributed by atoms with E-state index in [1.54, 1.807) is 19.2 Å². The maximum absolute atomic E-state index is 12.4. The first-order chi connectivity index (χ1) is 14.6. The van der Waals surface area contributed by atoms with Crippen molar-refractivity contribution in [1.82, 2.24) is 4.57 Å². The molecule has 0 aliphatic carbocycles. The van der Waals surface area contributed by atoms with Gasteiger partial charge in [0, 0.05) is 29.2 Å². The molecule has 7 heteroatoms. The van der Waals surface area contributed by atoms with E-state index in [1.807, 2.05) is 55.8 Å². The minimum atomic E-state index is -0.554. The Morgan fingerprint density at radius 3 is 2.42 bits per heavy atom. The van der Waals surface area contributed by atoms with E-state index in [0.717, 1.165) is 22.0 Å². The number of benzene rings is 2. The number of carbonyl (C=O) groups is 2. The first-order valence-electron chi connectivity index (χ1n) is 9.95. The van der Waals surface area contributed by atoms with Crippen LogP contribution in [0.25, 0.3) is 10.9 Å². The molecule has 1 heterocycles. The molecular weight excluding hydrogens is 396 g/mol. The van der Waals surface area contributed by atoms with Crippen molar-refractivity contribution >= 4 is 28.5 Å². The topological polar surface area (TPSA) is 92.8 Å². The summed E-state index contributed by atoms with van der Waals surface area (Å²) in [6, 6.07) is 10.8. The van der Waals surface area contributed by atoms with E-state index in [0.29, 0.717) is 23.4 Å². The van der Waals surface area contributed by atoms with E-state index in [2.05, 4.69) is 0 Å². The van der Waals surface area contributed by atoms with Crippen molar-refractivity contribution in [2.24, 2.45) is 0 Å². The molecule has 2 N–H and O–H groups in total. The lowest BCUT2D eigenvalue weighted by Crippen LogP contribution is -2.26. The van der Waals surface area contributed by atoms with Crippen LogP contribution >= 0.6 is 0 Å². The van der Waals surface area contributed by atoms with Crippen molar-refractivity contribution in [1.29, 1.82) is 0 Å². The molecule has 0 unspecified atom stereocenters. The number of aromatic nitrogens is 1. The minimum absolute atomic E-state index is 0.0934. The average Bonchev–Trinajstić information content (AvgIpc) is 3.02. The van der Waals surface area contributed by atoms with Crippen LogP contribution < -0.4 is 10.5 Å². The van der Waals surface area contributed by atoms with Gasteiger partial charge in [-0.05, 0) is 62.2 Å². The quantitative estimate of drug-likeness (QED) is 0.476. The van der Waals surface area contributed by atoms with E-state index < -0.39 is 11.6 Å². The van der Waals surface area contributed by atoms with Gasteiger partial charge in [-0.2, -0.15) is 0 Å². The summed E-state index contributed by atoms with van der Waals surface area (Å²) >= 11 is 0. The number of esters is 2. The standard InChI is InChI=1S/C24H28N2O5/c1-24(2,3)31-22(27)14-26-13-17(19-12-18(25)8-9-20(19)26)10-15-6-7-16(23(28)30-5)11-21(15)29-4/h6-9,11-13H,10,14,25H2,1-5H3. The van der Waals surface area contributed by atoms with Crippen LogP contribution in [0.1, 0.15) is 42.3 Å². The van der Waals surface area contributed by atoms with Gasteiger partial charge in [0.2, 0.25) is 0 Å². The molecule has 0 saturated heterocycles. The molecule has 7 nitrogen and oxygen atoms in total. The highest BCUT2D eigenvalue weighted by Gasteiger charge is 2.19. The van der Waals surface area contributed by atoms with Gasteiger partial charge in [0.1, 0.15) is 17.9 Å². The number of rotatable bonds is 6. The lowest BCUT2D eigenvalue weighted by atomic mass is 10.0. The minimum Gasteiger partial charge on any atom is -0.496 e. The number of carbonyl (C=O) groups excluding carboxylic acids is 2. The van der Waals surface area contributed by atoms with Crippen molar-refractivity contribution in [3.05, 3.63) is 59.3 Å². The summed E-state index contributed by atoms with van der Waals surface area (Å²) in [5, 5.41) is 0.947. The number of nitrogen functional groups attached to an aromatic ring is 1. The molecule has 0 radical (unpaired) electrons. The molecule has 0 fully saturated rings. The molecule has 3 aromatic rings. The van der Waals surface area contributed by atoms with Crippen molar-refractivity contribution in [2.75, 3.05) is 20.0 Å². The molecule has 0 amide bonds. The number of methoxy groups -OCH3 is 2. The molecule has 1 aromatic heterocycles. The SMILES string of the molecule is COC(=O)c1ccc(Cc2cn(CC(=O)OC(C)(C)C)c3ccc(N)cc23)c(OC)c1. The molecule has 0 atom stereocenters. The number of nitrogens with two attached hydrogens (primary N) is 1. The molecule has 0 saturated carbocycles. The fourth-order valence-corrected chi connectivity index (χ4v) is 3.51. The summed E-state index contributed by atoms with van der Waals surface area (Å²) < 4.78 is 17.6. The maximum Gasteiger partial charge on any atom is 0.337 e. The Balaban J connectivity index is 1.98. The second-order valence-corrected chi connectivity index (χ2v) is 8.34. The van der Waals surface area contributed by atoms with Gasteiger partial charge in [-0.25, -0.2) is 4.79 Å². The van der Waals surface area contributed by atoms with Crippen LogP contribution in [0.4, 0.5) is 5.69 Å². The maximum atomic E-state index is 12.4. The molecule has 0 aliphatic heterocycles. The Labute approximate surface area is 181 Å². The average molecular weight is 424 g/mol. The highest BCUT2D eigenvalue weighted by atomic mass is 16.6. The van der Waals surface area contributed by atoms with Crippen LogP contribution in [0.2, 0.25) is 0 Å². The van der Waals surface area contributed by atoms with E-state index in [1.165, 1.54) is 7.11 Å². The fraction of sp³-hybridized carbons (Fsp3) is 0.333. The Hall–Kier alpha value is -3.48. The normalized spacial score (nSPS) is 11.4. The fourth-order valence-electron chi connectivity index (χ4n) is 3.51. The largest absolute Gasteiger partial charge is 0.496 e. The van der Waals surface area contributed by atoms with Crippen LogP contribution in [0, 0.1) is 0 Å². The van der Waals surface area contributed by atoms with Gasteiger partial charge >= 0.3 is 11.9 Å². The van der Waals surface area contributed by atoms with Crippen LogP contribution in [0.3, 0.4) is 0 Å². The Bertz CT molecular complexity index is 1120. The lowest BCUT2D eigenvalue weighted by molar-refractivity contribution is -0.155. The molecule has 0 spiro atoms. The predicted octanol–water partition coefficient (Wildman–Crippen LogP) is 3.95. The molecule has 3 rings (SSSR count). The van der Waals surface area contributed by atoms with Crippen LogP contribution in [-0.4, -0.2) is 36.3 Å². The molecule has 0 aliphatic rings. The van der Waals surface area contributed by atoms with Gasteiger partial charge in [-0.3, -0.25) is 4.79 Å². The van der Waals surface area contributed by atoms with Gasteiger partial charge in [-0.15, -0.1) is 0 Å². The smallest absolute Gasteiger partial charge is 0.337 e. The third-order valence-electron chi connectivity index (χ3n) is 4.80. The van der Waals surface area contributed by atoms with Crippen LogP contribution in [0.15, 0.2) is 42.6 Å². The predicted molar refractivity (Wildman–Crippen MR) is 119 cm³/mol. The molecule has 164 valence electrons. The summed E-state index contributed by atoms with van der Waals surface area (Å²) in [5.74, 6) is -0.154. The Kier molecular flexibility index (Phi) is 6.24. The molecule has 31 heavy (non-hydrogen) atoms. The number of hydrogen-bond donors (Lipinski definition) is 1. The van der Waals surface area contributed by atoms with Gasteiger partial charge in [0.25, 0.3) is 0 Å². The molecule has 2 aromatic carbocycles. The summed E-state index contributed by atoms with van der Waals surface area (Å²) in [4.78, 5) is 24.2. The highest BCUT2D eigenvalue weighted by molar-refractivity contribution is 5.90. The number of anilines is 1. The number of fused-ring (bicyclic) bond motifs is 1. The van der Waals surface area contributed by atoms with Gasteiger partial charge in [0.05, 0.1) is 19.8 Å². The number of nitrogens with zero attached hydrogens (tertiary/aromatic N) is 1. The third kappa shape index (κ3) is 5.17. The Morgan fingerprint density at radius 2 is 1.77 bits per heavy atom. The second-order valence-electron chi connectivity index (χ2n) is 8.34. The summed E-state index contributed by atoms with van der Waals surface area (Å²) in [6.45, 7) is 5.62. The van der Waals surface area contributed by atoms with Crippen molar-refractivity contribution in [2.45, 2.75) is 39.3 Å². The lowest BCUT2D eigenvalue weighted by Gasteiger charge is -2.19. The number of hydrogen-bond acceptors (Lipinski definition) is 6. The zero-order valence-corrected chi connectivity index (χ0v) is 18.5. The van der Waals surface area contributed by atoms with Gasteiger partial charge < -0.3 is 24.5 Å². The monoisotopic (exact) mass is 424 g/mol. The second kappa shape index (κ2) is 8.71. The molecule has 0 bridgehead atoms. The van der Waals surface area contributed by atoms with E-state index in [-0.39, 0.29) is 12.5 Å².